The van der Waals surface area contributed by atoms with Gasteiger partial charge in [-0.3, -0.25) is 5.32 Å². The molecular weight excluding hydrogens is 348 g/mol. The molecule has 0 saturated carbocycles. The Morgan fingerprint density at radius 2 is 1.64 bits per heavy atom. The third kappa shape index (κ3) is 3.97. The van der Waals surface area contributed by atoms with Gasteiger partial charge in [-0.2, -0.15) is 0 Å². The molecule has 0 amide bonds. The van der Waals surface area contributed by atoms with Gasteiger partial charge in [-0.25, -0.2) is 0 Å². The standard InChI is InChI=1S/C24H26N2O2/c1-26(24-9-6-16-25-24)22-15-10-19(18-7-4-3-5-8-18)17-23(22)28-21-13-11-20(27-2)12-14-21/h3-5,7-8,10-15,17,24-25H,6,9,16H2,1-2H3/t24-/m0/s1. The summed E-state index contributed by atoms with van der Waals surface area (Å²) < 4.78 is 11.6. The number of benzene rings is 3. The Bertz CT molecular complexity index is 904. The second-order valence-corrected chi connectivity index (χ2v) is 7.05. The second-order valence-electron chi connectivity index (χ2n) is 7.05. The van der Waals surface area contributed by atoms with Crippen LogP contribution in [0.1, 0.15) is 12.8 Å². The lowest BCUT2D eigenvalue weighted by molar-refractivity contribution is 0.413. The average Bonchev–Trinajstić information content (AvgIpc) is 3.29. The molecule has 1 N–H and O–H groups in total. The van der Waals surface area contributed by atoms with E-state index >= 15 is 0 Å². The van der Waals surface area contributed by atoms with Gasteiger partial charge in [0.15, 0.2) is 5.75 Å². The van der Waals surface area contributed by atoms with Gasteiger partial charge in [-0.1, -0.05) is 36.4 Å². The van der Waals surface area contributed by atoms with Gasteiger partial charge in [0.1, 0.15) is 11.5 Å². The zero-order valence-electron chi connectivity index (χ0n) is 16.4. The van der Waals surface area contributed by atoms with Crippen molar-refractivity contribution in [2.45, 2.75) is 19.0 Å². The van der Waals surface area contributed by atoms with Crippen LogP contribution in [0.2, 0.25) is 0 Å². The van der Waals surface area contributed by atoms with Gasteiger partial charge in [-0.05, 0) is 66.9 Å². The molecule has 0 aliphatic carbocycles. The summed E-state index contributed by atoms with van der Waals surface area (Å²) >= 11 is 0. The smallest absolute Gasteiger partial charge is 0.151 e. The fourth-order valence-corrected chi connectivity index (χ4v) is 3.63. The first-order chi connectivity index (χ1) is 13.7. The van der Waals surface area contributed by atoms with Crippen LogP contribution in [0.5, 0.6) is 17.2 Å². The van der Waals surface area contributed by atoms with Crippen LogP contribution in [0.3, 0.4) is 0 Å². The number of ether oxygens (including phenoxy) is 2. The highest BCUT2D eigenvalue weighted by Crippen LogP contribution is 2.37. The van der Waals surface area contributed by atoms with Crippen molar-refractivity contribution in [1.29, 1.82) is 0 Å². The summed E-state index contributed by atoms with van der Waals surface area (Å²) in [5.74, 6) is 2.46. The summed E-state index contributed by atoms with van der Waals surface area (Å²) in [5.41, 5.74) is 3.39. The molecule has 28 heavy (non-hydrogen) atoms. The Hall–Kier alpha value is -2.98. The number of rotatable bonds is 6. The van der Waals surface area contributed by atoms with E-state index < -0.39 is 0 Å². The van der Waals surface area contributed by atoms with Crippen LogP contribution in [-0.4, -0.2) is 26.9 Å². The van der Waals surface area contributed by atoms with E-state index in [4.69, 9.17) is 9.47 Å². The van der Waals surface area contributed by atoms with E-state index in [1.165, 1.54) is 12.0 Å². The van der Waals surface area contributed by atoms with Crippen molar-refractivity contribution >= 4 is 5.69 Å². The van der Waals surface area contributed by atoms with Gasteiger partial charge < -0.3 is 14.4 Å². The van der Waals surface area contributed by atoms with Crippen LogP contribution in [-0.2, 0) is 0 Å². The highest BCUT2D eigenvalue weighted by Gasteiger charge is 2.22. The number of anilines is 1. The fraction of sp³-hybridized carbons (Fsp3) is 0.250. The van der Waals surface area contributed by atoms with Crippen molar-refractivity contribution in [2.24, 2.45) is 0 Å². The minimum Gasteiger partial charge on any atom is -0.497 e. The molecular formula is C24H26N2O2. The van der Waals surface area contributed by atoms with Gasteiger partial charge >= 0.3 is 0 Å². The lowest BCUT2D eigenvalue weighted by Crippen LogP contribution is -2.39. The number of hydrogen-bond acceptors (Lipinski definition) is 4. The number of nitrogens with zero attached hydrogens (tertiary/aromatic N) is 1. The van der Waals surface area contributed by atoms with E-state index in [2.05, 4.69) is 59.7 Å². The van der Waals surface area contributed by atoms with Gasteiger partial charge in [0.25, 0.3) is 0 Å². The quantitative estimate of drug-likeness (QED) is 0.635. The second kappa shape index (κ2) is 8.36. The first-order valence-corrected chi connectivity index (χ1v) is 9.72. The van der Waals surface area contributed by atoms with Gasteiger partial charge in [0.05, 0.1) is 19.0 Å². The molecule has 0 aromatic heterocycles. The molecule has 1 atom stereocenters. The maximum absolute atomic E-state index is 6.33. The first kappa shape index (κ1) is 18.4. The minimum absolute atomic E-state index is 0.334. The average molecular weight is 374 g/mol. The van der Waals surface area contributed by atoms with Crippen LogP contribution in [0.25, 0.3) is 11.1 Å². The molecule has 144 valence electrons. The third-order valence-electron chi connectivity index (χ3n) is 5.24. The molecule has 0 unspecified atom stereocenters. The summed E-state index contributed by atoms with van der Waals surface area (Å²) in [5, 5.41) is 3.56. The van der Waals surface area contributed by atoms with Crippen molar-refractivity contribution in [3.63, 3.8) is 0 Å². The monoisotopic (exact) mass is 374 g/mol. The van der Waals surface area contributed by atoms with Crippen molar-refractivity contribution in [3.05, 3.63) is 72.8 Å². The van der Waals surface area contributed by atoms with Crippen molar-refractivity contribution in [1.82, 2.24) is 5.32 Å². The van der Waals surface area contributed by atoms with E-state index in [0.717, 1.165) is 41.5 Å². The van der Waals surface area contributed by atoms with Crippen molar-refractivity contribution < 1.29 is 9.47 Å². The van der Waals surface area contributed by atoms with Gasteiger partial charge in [0.2, 0.25) is 0 Å². The zero-order valence-corrected chi connectivity index (χ0v) is 16.4. The summed E-state index contributed by atoms with van der Waals surface area (Å²) in [6, 6.07) is 24.5. The Morgan fingerprint density at radius 3 is 2.32 bits per heavy atom. The van der Waals surface area contributed by atoms with Crippen LogP contribution < -0.4 is 19.7 Å². The summed E-state index contributed by atoms with van der Waals surface area (Å²) in [6.07, 6.45) is 2.67. The molecule has 1 aliphatic heterocycles. The van der Waals surface area contributed by atoms with Crippen molar-refractivity contribution in [3.8, 4) is 28.4 Å². The molecule has 4 heteroatoms. The van der Waals surface area contributed by atoms with Crippen molar-refractivity contribution in [2.75, 3.05) is 25.6 Å². The Labute approximate surface area is 166 Å². The number of nitrogens with one attached hydrogen (secondary N) is 1. The van der Waals surface area contributed by atoms with Gasteiger partial charge in [0, 0.05) is 7.05 Å². The Kier molecular flexibility index (Phi) is 5.49. The lowest BCUT2D eigenvalue weighted by Gasteiger charge is -2.29. The largest absolute Gasteiger partial charge is 0.497 e. The first-order valence-electron chi connectivity index (χ1n) is 9.72. The zero-order chi connectivity index (χ0) is 19.3. The highest BCUT2D eigenvalue weighted by atomic mass is 16.5. The van der Waals surface area contributed by atoms with Crippen LogP contribution >= 0.6 is 0 Å². The van der Waals surface area contributed by atoms with E-state index in [-0.39, 0.29) is 0 Å². The third-order valence-corrected chi connectivity index (χ3v) is 5.24. The molecule has 1 saturated heterocycles. The van der Waals surface area contributed by atoms with E-state index in [9.17, 15) is 0 Å². The van der Waals surface area contributed by atoms with E-state index in [1.54, 1.807) is 7.11 Å². The van der Waals surface area contributed by atoms with Crippen LogP contribution in [0.15, 0.2) is 72.8 Å². The molecule has 3 aromatic carbocycles. The minimum atomic E-state index is 0.334. The molecule has 0 spiro atoms. The lowest BCUT2D eigenvalue weighted by atomic mass is 10.0. The summed E-state index contributed by atoms with van der Waals surface area (Å²) in [6.45, 7) is 1.06. The Morgan fingerprint density at radius 1 is 0.893 bits per heavy atom. The van der Waals surface area contributed by atoms with E-state index in [0.29, 0.717) is 6.17 Å². The topological polar surface area (TPSA) is 33.7 Å². The normalized spacial score (nSPS) is 16.0. The molecule has 0 radical (unpaired) electrons. The highest BCUT2D eigenvalue weighted by molar-refractivity contribution is 5.72. The van der Waals surface area contributed by atoms with Crippen LogP contribution in [0.4, 0.5) is 5.69 Å². The number of methoxy groups -OCH3 is 1. The number of hydrogen-bond donors (Lipinski definition) is 1. The molecule has 0 bridgehead atoms. The maximum Gasteiger partial charge on any atom is 0.151 e. The predicted molar refractivity (Wildman–Crippen MR) is 114 cm³/mol. The predicted octanol–water partition coefficient (Wildman–Crippen LogP) is 5.30. The molecule has 1 heterocycles. The van der Waals surface area contributed by atoms with Crippen LogP contribution in [0, 0.1) is 0 Å². The molecule has 1 aliphatic rings. The SMILES string of the molecule is COc1ccc(Oc2cc(-c3ccccc3)ccc2N(C)[C@H]2CCCN2)cc1. The molecule has 4 rings (SSSR count). The summed E-state index contributed by atoms with van der Waals surface area (Å²) in [4.78, 5) is 2.28. The summed E-state index contributed by atoms with van der Waals surface area (Å²) in [7, 11) is 3.79. The fourth-order valence-electron chi connectivity index (χ4n) is 3.63. The Balaban J connectivity index is 1.69. The molecule has 3 aromatic rings. The van der Waals surface area contributed by atoms with E-state index in [1.807, 2.05) is 30.3 Å². The van der Waals surface area contributed by atoms with Gasteiger partial charge in [-0.15, -0.1) is 0 Å². The molecule has 4 nitrogen and oxygen atoms in total. The molecule has 1 fully saturated rings. The maximum atomic E-state index is 6.33.